The van der Waals surface area contributed by atoms with Crippen LogP contribution < -0.4 is 10.1 Å². The minimum Gasteiger partial charge on any atom is -0.490 e. The molecule has 1 atom stereocenters. The standard InChI is InChI=1S/C18H27NO/c1-2-19-18-12-9-14-13-16(10-11-17(14)18)20-15-7-5-3-4-6-8-15/h10-11,13,15,18-19H,2-9,12H2,1H3. The van der Waals surface area contributed by atoms with Crippen LogP contribution in [0.5, 0.6) is 5.75 Å². The number of hydrogen-bond donors (Lipinski definition) is 1. The van der Waals surface area contributed by atoms with Crippen molar-refractivity contribution in [2.45, 2.75) is 70.4 Å². The van der Waals surface area contributed by atoms with Gasteiger partial charge in [-0.05, 0) is 68.3 Å². The molecule has 0 amide bonds. The van der Waals surface area contributed by atoms with Gasteiger partial charge in [-0.3, -0.25) is 0 Å². The highest BCUT2D eigenvalue weighted by Gasteiger charge is 2.22. The molecule has 0 aromatic heterocycles. The van der Waals surface area contributed by atoms with E-state index in [4.69, 9.17) is 4.74 Å². The average Bonchev–Trinajstić information content (AvgIpc) is 2.68. The average molecular weight is 273 g/mol. The van der Waals surface area contributed by atoms with Crippen LogP contribution in [-0.4, -0.2) is 12.6 Å². The van der Waals surface area contributed by atoms with E-state index < -0.39 is 0 Å². The van der Waals surface area contributed by atoms with E-state index in [1.165, 1.54) is 62.5 Å². The van der Waals surface area contributed by atoms with E-state index in [1.807, 2.05) is 0 Å². The van der Waals surface area contributed by atoms with E-state index >= 15 is 0 Å². The molecule has 1 fully saturated rings. The quantitative estimate of drug-likeness (QED) is 0.822. The zero-order valence-electron chi connectivity index (χ0n) is 12.7. The molecule has 0 bridgehead atoms. The van der Waals surface area contributed by atoms with E-state index in [0.717, 1.165) is 12.3 Å². The summed E-state index contributed by atoms with van der Waals surface area (Å²) in [6.07, 6.45) is 10.8. The summed E-state index contributed by atoms with van der Waals surface area (Å²) in [5, 5.41) is 3.57. The fourth-order valence-electron chi connectivity index (χ4n) is 3.68. The van der Waals surface area contributed by atoms with E-state index in [-0.39, 0.29) is 0 Å². The molecule has 1 aromatic carbocycles. The Morgan fingerprint density at radius 1 is 1.10 bits per heavy atom. The summed E-state index contributed by atoms with van der Waals surface area (Å²) in [6, 6.07) is 7.31. The first-order valence-corrected chi connectivity index (χ1v) is 8.39. The van der Waals surface area contributed by atoms with Gasteiger partial charge < -0.3 is 10.1 Å². The summed E-state index contributed by atoms with van der Waals surface area (Å²) < 4.78 is 6.24. The molecule has 1 N–H and O–H groups in total. The summed E-state index contributed by atoms with van der Waals surface area (Å²) in [4.78, 5) is 0. The summed E-state index contributed by atoms with van der Waals surface area (Å²) >= 11 is 0. The van der Waals surface area contributed by atoms with Gasteiger partial charge in [0.1, 0.15) is 5.75 Å². The predicted octanol–water partition coefficient (Wildman–Crippen LogP) is 4.39. The third-order valence-electron chi connectivity index (χ3n) is 4.75. The zero-order chi connectivity index (χ0) is 13.8. The molecule has 2 heteroatoms. The molecule has 0 radical (unpaired) electrons. The van der Waals surface area contributed by atoms with Crippen molar-refractivity contribution < 1.29 is 4.74 Å². The van der Waals surface area contributed by atoms with E-state index in [9.17, 15) is 0 Å². The molecule has 20 heavy (non-hydrogen) atoms. The Labute approximate surface area is 122 Å². The first kappa shape index (κ1) is 13.9. The van der Waals surface area contributed by atoms with Crippen molar-refractivity contribution in [3.05, 3.63) is 29.3 Å². The molecule has 0 saturated heterocycles. The lowest BCUT2D eigenvalue weighted by atomic mass is 10.1. The smallest absolute Gasteiger partial charge is 0.120 e. The van der Waals surface area contributed by atoms with Crippen LogP contribution in [0.3, 0.4) is 0 Å². The molecule has 0 heterocycles. The van der Waals surface area contributed by atoms with Crippen LogP contribution in [0.1, 0.15) is 69.0 Å². The van der Waals surface area contributed by atoms with Crippen molar-refractivity contribution in [3.8, 4) is 5.75 Å². The Hall–Kier alpha value is -1.02. The monoisotopic (exact) mass is 273 g/mol. The van der Waals surface area contributed by atoms with Gasteiger partial charge >= 0.3 is 0 Å². The molecule has 0 spiro atoms. The van der Waals surface area contributed by atoms with Crippen LogP contribution in [0.4, 0.5) is 0 Å². The fourth-order valence-corrected chi connectivity index (χ4v) is 3.68. The van der Waals surface area contributed by atoms with Crippen molar-refractivity contribution in [1.82, 2.24) is 5.32 Å². The topological polar surface area (TPSA) is 21.3 Å². The molecule has 2 nitrogen and oxygen atoms in total. The zero-order valence-corrected chi connectivity index (χ0v) is 12.7. The number of benzene rings is 1. The van der Waals surface area contributed by atoms with Crippen LogP contribution in [0.2, 0.25) is 0 Å². The highest BCUT2D eigenvalue weighted by Crippen LogP contribution is 2.34. The molecule has 1 saturated carbocycles. The van der Waals surface area contributed by atoms with Crippen LogP contribution >= 0.6 is 0 Å². The molecule has 2 aliphatic carbocycles. The van der Waals surface area contributed by atoms with Crippen LogP contribution in [0.15, 0.2) is 18.2 Å². The van der Waals surface area contributed by atoms with Crippen molar-refractivity contribution >= 4 is 0 Å². The van der Waals surface area contributed by atoms with Crippen LogP contribution in [-0.2, 0) is 6.42 Å². The fraction of sp³-hybridized carbons (Fsp3) is 0.667. The SMILES string of the molecule is CCNC1CCc2cc(OC3CCCCCC3)ccc21. The van der Waals surface area contributed by atoms with Gasteiger partial charge in [-0.2, -0.15) is 0 Å². The van der Waals surface area contributed by atoms with E-state index in [0.29, 0.717) is 12.1 Å². The van der Waals surface area contributed by atoms with Gasteiger partial charge in [0.25, 0.3) is 0 Å². The number of rotatable bonds is 4. The summed E-state index contributed by atoms with van der Waals surface area (Å²) in [6.45, 7) is 3.23. The van der Waals surface area contributed by atoms with Gasteiger partial charge in [-0.25, -0.2) is 0 Å². The summed E-state index contributed by atoms with van der Waals surface area (Å²) in [5.41, 5.74) is 2.97. The molecular weight excluding hydrogens is 246 g/mol. The molecule has 1 unspecified atom stereocenters. The number of ether oxygens (including phenoxy) is 1. The minimum atomic E-state index is 0.446. The molecule has 1 aromatic rings. The van der Waals surface area contributed by atoms with Crippen LogP contribution in [0, 0.1) is 0 Å². The van der Waals surface area contributed by atoms with Crippen molar-refractivity contribution in [2.75, 3.05) is 6.54 Å². The van der Waals surface area contributed by atoms with Gasteiger partial charge in [-0.1, -0.05) is 25.8 Å². The highest BCUT2D eigenvalue weighted by molar-refractivity contribution is 5.40. The van der Waals surface area contributed by atoms with Gasteiger partial charge in [0.15, 0.2) is 0 Å². The number of fused-ring (bicyclic) bond motifs is 1. The Balaban J connectivity index is 1.66. The minimum absolute atomic E-state index is 0.446. The maximum absolute atomic E-state index is 6.24. The third-order valence-corrected chi connectivity index (χ3v) is 4.75. The Morgan fingerprint density at radius 2 is 1.90 bits per heavy atom. The van der Waals surface area contributed by atoms with Crippen molar-refractivity contribution in [1.29, 1.82) is 0 Å². The molecule has 110 valence electrons. The van der Waals surface area contributed by atoms with Crippen molar-refractivity contribution in [2.24, 2.45) is 0 Å². The third kappa shape index (κ3) is 3.17. The maximum atomic E-state index is 6.24. The number of nitrogens with one attached hydrogen (secondary N) is 1. The molecule has 3 rings (SSSR count). The highest BCUT2D eigenvalue weighted by atomic mass is 16.5. The summed E-state index contributed by atoms with van der Waals surface area (Å²) in [7, 11) is 0. The molecule has 0 aliphatic heterocycles. The second-order valence-electron chi connectivity index (χ2n) is 6.24. The normalized spacial score (nSPS) is 23.4. The maximum Gasteiger partial charge on any atom is 0.120 e. The summed E-state index contributed by atoms with van der Waals surface area (Å²) in [5.74, 6) is 1.09. The van der Waals surface area contributed by atoms with Crippen LogP contribution in [0.25, 0.3) is 0 Å². The second kappa shape index (κ2) is 6.62. The first-order valence-electron chi connectivity index (χ1n) is 8.39. The van der Waals surface area contributed by atoms with Gasteiger partial charge in [0.2, 0.25) is 0 Å². The molecular formula is C18H27NO. The Kier molecular flexibility index (Phi) is 4.62. The lowest BCUT2D eigenvalue weighted by Crippen LogP contribution is -2.18. The molecule has 2 aliphatic rings. The first-order chi connectivity index (χ1) is 9.86. The Bertz CT molecular complexity index is 435. The largest absolute Gasteiger partial charge is 0.490 e. The number of hydrogen-bond acceptors (Lipinski definition) is 2. The Morgan fingerprint density at radius 3 is 2.65 bits per heavy atom. The van der Waals surface area contributed by atoms with Gasteiger partial charge in [-0.15, -0.1) is 0 Å². The van der Waals surface area contributed by atoms with Gasteiger partial charge in [0, 0.05) is 6.04 Å². The van der Waals surface area contributed by atoms with Crippen molar-refractivity contribution in [3.63, 3.8) is 0 Å². The van der Waals surface area contributed by atoms with E-state index in [1.54, 1.807) is 0 Å². The lowest BCUT2D eigenvalue weighted by molar-refractivity contribution is 0.183. The number of aryl methyl sites for hydroxylation is 1. The second-order valence-corrected chi connectivity index (χ2v) is 6.24. The van der Waals surface area contributed by atoms with E-state index in [2.05, 4.69) is 30.4 Å². The predicted molar refractivity (Wildman–Crippen MR) is 83.3 cm³/mol. The van der Waals surface area contributed by atoms with Gasteiger partial charge in [0.05, 0.1) is 6.10 Å². The lowest BCUT2D eigenvalue weighted by Gasteiger charge is -2.18.